The van der Waals surface area contributed by atoms with E-state index < -0.39 is 42.5 Å². The SMILES string of the molecule is CCOC(=O)C1=C(CN2CC(CSCC(O)O)C(F)(F)C2)NC(c2nccs2)=N[C@H]1c1ccc(F)cc1Br. The number of hydrogen-bond donors (Lipinski definition) is 3. The van der Waals surface area contributed by atoms with E-state index in [4.69, 9.17) is 19.9 Å². The quantitative estimate of drug-likeness (QED) is 0.269. The van der Waals surface area contributed by atoms with Crippen molar-refractivity contribution < 1.29 is 32.9 Å². The summed E-state index contributed by atoms with van der Waals surface area (Å²) >= 11 is 5.73. The summed E-state index contributed by atoms with van der Waals surface area (Å²) in [6, 6.07) is 3.14. The van der Waals surface area contributed by atoms with E-state index in [9.17, 15) is 18.0 Å². The summed E-state index contributed by atoms with van der Waals surface area (Å²) in [6.07, 6.45) is 0.0327. The van der Waals surface area contributed by atoms with Gasteiger partial charge in [-0.2, -0.15) is 11.8 Å². The maximum absolute atomic E-state index is 14.9. The highest BCUT2D eigenvalue weighted by Gasteiger charge is 2.48. The van der Waals surface area contributed by atoms with Gasteiger partial charge >= 0.3 is 5.97 Å². The molecule has 3 heterocycles. The van der Waals surface area contributed by atoms with E-state index in [2.05, 4.69) is 26.2 Å². The number of likely N-dealkylation sites (tertiary alicyclic amines) is 1. The van der Waals surface area contributed by atoms with Gasteiger partial charge in [0.1, 0.15) is 11.9 Å². The zero-order chi connectivity index (χ0) is 27.4. The van der Waals surface area contributed by atoms with Gasteiger partial charge in [-0.1, -0.05) is 22.0 Å². The van der Waals surface area contributed by atoms with Crippen LogP contribution in [0.2, 0.25) is 0 Å². The molecular formula is C24H26BrF3N4O4S2. The van der Waals surface area contributed by atoms with E-state index in [0.29, 0.717) is 26.6 Å². The molecule has 8 nitrogen and oxygen atoms in total. The second-order valence-corrected chi connectivity index (χ2v) is 11.6. The monoisotopic (exact) mass is 634 g/mol. The summed E-state index contributed by atoms with van der Waals surface area (Å²) in [7, 11) is 0. The van der Waals surface area contributed by atoms with Gasteiger partial charge in [-0.3, -0.25) is 9.89 Å². The highest BCUT2D eigenvalue weighted by molar-refractivity contribution is 9.10. The lowest BCUT2D eigenvalue weighted by molar-refractivity contribution is -0.139. The number of halogens is 4. The molecule has 14 heteroatoms. The molecule has 2 atom stereocenters. The number of aromatic nitrogens is 1. The van der Waals surface area contributed by atoms with E-state index in [-0.39, 0.29) is 36.8 Å². The topological polar surface area (TPSA) is 107 Å². The van der Waals surface area contributed by atoms with Crippen molar-refractivity contribution in [2.45, 2.75) is 25.2 Å². The normalized spacial score (nSPS) is 21.5. The van der Waals surface area contributed by atoms with Crippen LogP contribution in [0.25, 0.3) is 0 Å². The third-order valence-corrected chi connectivity index (χ3v) is 8.63. The standard InChI is InChI=1S/C24H26BrF3N4O4S2/c1-2-36-23(35)19-17(9-32-8-13(24(27,28)12-32)10-37-11-18(33)34)30-21(22-29-5-6-38-22)31-20(19)15-4-3-14(26)7-16(15)25/h3-7,13,18,20,33-34H,2,8-12H2,1H3,(H,30,31)/t13?,20-/m0/s1. The Hall–Kier alpha value is -1.97. The second-order valence-electron chi connectivity index (χ2n) is 8.77. The van der Waals surface area contributed by atoms with Gasteiger partial charge in [0.2, 0.25) is 0 Å². The van der Waals surface area contributed by atoms with Crippen LogP contribution in [-0.4, -0.2) is 81.9 Å². The van der Waals surface area contributed by atoms with E-state index in [1.165, 1.54) is 29.5 Å². The number of rotatable bonds is 10. The highest BCUT2D eigenvalue weighted by Crippen LogP contribution is 2.39. The number of amidine groups is 1. The molecule has 1 saturated heterocycles. The average Bonchev–Trinajstić information content (AvgIpc) is 3.46. The number of benzene rings is 1. The molecule has 1 unspecified atom stereocenters. The molecule has 2 aliphatic heterocycles. The van der Waals surface area contributed by atoms with Crippen LogP contribution in [0.5, 0.6) is 0 Å². The molecular weight excluding hydrogens is 609 g/mol. The first-order chi connectivity index (χ1) is 18.1. The third-order valence-electron chi connectivity index (χ3n) is 5.99. The molecule has 0 amide bonds. The minimum Gasteiger partial charge on any atom is -0.463 e. The number of ether oxygens (including phenoxy) is 1. The van der Waals surface area contributed by atoms with Crippen molar-refractivity contribution >= 4 is 50.8 Å². The van der Waals surface area contributed by atoms with Gasteiger partial charge in [-0.05, 0) is 24.6 Å². The molecule has 3 N–H and O–H groups in total. The molecule has 2 aliphatic rings. The molecule has 1 fully saturated rings. The smallest absolute Gasteiger partial charge is 0.338 e. The lowest BCUT2D eigenvalue weighted by Gasteiger charge is -2.29. The lowest BCUT2D eigenvalue weighted by Crippen LogP contribution is -2.39. The van der Waals surface area contributed by atoms with Crippen LogP contribution in [0.15, 0.2) is 50.5 Å². The van der Waals surface area contributed by atoms with Gasteiger partial charge in [0.05, 0.1) is 18.7 Å². The van der Waals surface area contributed by atoms with Crippen molar-refractivity contribution in [2.75, 3.05) is 37.7 Å². The molecule has 0 bridgehead atoms. The number of thiazole rings is 1. The first-order valence-electron chi connectivity index (χ1n) is 11.7. The first kappa shape index (κ1) is 29.0. The zero-order valence-corrected chi connectivity index (χ0v) is 23.5. The molecule has 0 radical (unpaired) electrons. The Bertz CT molecular complexity index is 1210. The lowest BCUT2D eigenvalue weighted by atomic mass is 9.95. The summed E-state index contributed by atoms with van der Waals surface area (Å²) < 4.78 is 49.3. The minimum atomic E-state index is -3.00. The number of aliphatic hydroxyl groups excluding tert-OH is 1. The van der Waals surface area contributed by atoms with Crippen LogP contribution >= 0.6 is 39.0 Å². The number of aliphatic hydroxyl groups is 2. The van der Waals surface area contributed by atoms with Crippen molar-refractivity contribution in [3.05, 3.63) is 61.9 Å². The Labute approximate surface area is 234 Å². The molecule has 1 aromatic carbocycles. The fraction of sp³-hybridized carbons (Fsp3) is 0.458. The fourth-order valence-electron chi connectivity index (χ4n) is 4.34. The van der Waals surface area contributed by atoms with Gasteiger partial charge in [-0.25, -0.2) is 22.9 Å². The van der Waals surface area contributed by atoms with Gasteiger partial charge in [0, 0.05) is 52.3 Å². The number of hydrogen-bond acceptors (Lipinski definition) is 10. The first-order valence-corrected chi connectivity index (χ1v) is 14.6. The van der Waals surface area contributed by atoms with Crippen LogP contribution < -0.4 is 5.32 Å². The van der Waals surface area contributed by atoms with Crippen LogP contribution in [0.4, 0.5) is 13.2 Å². The molecule has 0 spiro atoms. The number of nitrogens with one attached hydrogen (secondary N) is 1. The predicted molar refractivity (Wildman–Crippen MR) is 143 cm³/mol. The van der Waals surface area contributed by atoms with Crippen LogP contribution in [0, 0.1) is 11.7 Å². The Kier molecular flexibility index (Phi) is 9.53. The number of carbonyl (C=O) groups excluding carboxylic acids is 1. The highest BCUT2D eigenvalue weighted by atomic mass is 79.9. The molecule has 2 aromatic rings. The molecule has 38 heavy (non-hydrogen) atoms. The molecule has 1 aromatic heterocycles. The van der Waals surface area contributed by atoms with E-state index in [1.807, 2.05) is 0 Å². The molecule has 206 valence electrons. The Morgan fingerprint density at radius 1 is 1.42 bits per heavy atom. The van der Waals surface area contributed by atoms with Crippen molar-refractivity contribution in [2.24, 2.45) is 10.9 Å². The number of carbonyl (C=O) groups is 1. The minimum absolute atomic E-state index is 0.0206. The number of esters is 1. The molecule has 0 aliphatic carbocycles. The largest absolute Gasteiger partial charge is 0.463 e. The number of thioether (sulfide) groups is 1. The summed E-state index contributed by atoms with van der Waals surface area (Å²) in [5, 5.41) is 23.5. The van der Waals surface area contributed by atoms with E-state index >= 15 is 0 Å². The fourth-order valence-corrected chi connectivity index (χ4v) is 6.47. The zero-order valence-electron chi connectivity index (χ0n) is 20.2. The van der Waals surface area contributed by atoms with Gasteiger partial charge in [0.25, 0.3) is 5.92 Å². The van der Waals surface area contributed by atoms with Crippen molar-refractivity contribution in [3.8, 4) is 0 Å². The molecule has 0 saturated carbocycles. The van der Waals surface area contributed by atoms with E-state index in [0.717, 1.165) is 11.8 Å². The summed E-state index contributed by atoms with van der Waals surface area (Å²) in [5.74, 6) is -4.79. The third kappa shape index (κ3) is 6.77. The summed E-state index contributed by atoms with van der Waals surface area (Å²) in [5.41, 5.74) is 0.995. The summed E-state index contributed by atoms with van der Waals surface area (Å²) in [4.78, 5) is 23.8. The van der Waals surface area contributed by atoms with Crippen LogP contribution in [0.1, 0.15) is 23.5 Å². The number of aliphatic imine (C=N–C) groups is 1. The van der Waals surface area contributed by atoms with E-state index in [1.54, 1.807) is 23.4 Å². The van der Waals surface area contributed by atoms with Crippen molar-refractivity contribution in [1.82, 2.24) is 15.2 Å². The summed E-state index contributed by atoms with van der Waals surface area (Å²) in [6.45, 7) is 1.24. The Morgan fingerprint density at radius 2 is 2.21 bits per heavy atom. The van der Waals surface area contributed by atoms with Crippen molar-refractivity contribution in [3.63, 3.8) is 0 Å². The predicted octanol–water partition coefficient (Wildman–Crippen LogP) is 3.56. The number of nitrogens with zero attached hydrogens (tertiary/aromatic N) is 3. The Morgan fingerprint density at radius 3 is 2.87 bits per heavy atom. The maximum atomic E-state index is 14.9. The second kappa shape index (κ2) is 12.5. The average molecular weight is 636 g/mol. The van der Waals surface area contributed by atoms with Crippen molar-refractivity contribution in [1.29, 1.82) is 0 Å². The van der Waals surface area contributed by atoms with Gasteiger partial charge in [0.15, 0.2) is 17.1 Å². The Balaban J connectivity index is 1.70. The van der Waals surface area contributed by atoms with Gasteiger partial charge < -0.3 is 20.3 Å². The van der Waals surface area contributed by atoms with Crippen LogP contribution in [0.3, 0.4) is 0 Å². The maximum Gasteiger partial charge on any atom is 0.338 e. The van der Waals surface area contributed by atoms with Crippen LogP contribution in [-0.2, 0) is 9.53 Å². The molecule has 4 rings (SSSR count). The number of alkyl halides is 2. The van der Waals surface area contributed by atoms with Gasteiger partial charge in [-0.15, -0.1) is 11.3 Å².